The molecule has 20 heavy (non-hydrogen) atoms. The van der Waals surface area contributed by atoms with E-state index in [1.807, 2.05) is 50.2 Å². The molecule has 2 aromatic carbocycles. The number of nitriles is 1. The number of rotatable bonds is 5. The van der Waals surface area contributed by atoms with Crippen molar-refractivity contribution in [3.05, 3.63) is 65.2 Å². The molecule has 0 bridgehead atoms. The lowest BCUT2D eigenvalue weighted by molar-refractivity contribution is 0.244. The predicted molar refractivity (Wildman–Crippen MR) is 80.7 cm³/mol. The van der Waals surface area contributed by atoms with Gasteiger partial charge in [0.25, 0.3) is 0 Å². The summed E-state index contributed by atoms with van der Waals surface area (Å²) in [4.78, 5) is 0. The summed E-state index contributed by atoms with van der Waals surface area (Å²) in [6.07, 6.45) is 1.15. The summed E-state index contributed by atoms with van der Waals surface area (Å²) in [7, 11) is 0. The molecule has 0 amide bonds. The molecular formula is C18H19NO. The van der Waals surface area contributed by atoms with Gasteiger partial charge in [-0.25, -0.2) is 0 Å². The first-order chi connectivity index (χ1) is 9.69. The summed E-state index contributed by atoms with van der Waals surface area (Å²) in [5.41, 5.74) is 3.44. The van der Waals surface area contributed by atoms with E-state index in [0.29, 0.717) is 6.42 Å². The van der Waals surface area contributed by atoms with Crippen LogP contribution < -0.4 is 4.74 Å². The SMILES string of the molecule is Cc1ccc(C)c(OC(C#N)CCc2ccccc2)c1. The van der Waals surface area contributed by atoms with Crippen molar-refractivity contribution in [2.45, 2.75) is 32.8 Å². The Labute approximate surface area is 120 Å². The fraction of sp³-hybridized carbons (Fsp3) is 0.278. The van der Waals surface area contributed by atoms with Crippen LogP contribution in [0.3, 0.4) is 0 Å². The Morgan fingerprint density at radius 3 is 2.55 bits per heavy atom. The van der Waals surface area contributed by atoms with Gasteiger partial charge in [0, 0.05) is 6.42 Å². The summed E-state index contributed by atoms with van der Waals surface area (Å²) in [6, 6.07) is 18.5. The second kappa shape index (κ2) is 6.77. The first-order valence-corrected chi connectivity index (χ1v) is 6.86. The van der Waals surface area contributed by atoms with Crippen molar-refractivity contribution in [3.63, 3.8) is 0 Å². The molecule has 0 spiro atoms. The van der Waals surface area contributed by atoms with Crippen molar-refractivity contribution in [2.24, 2.45) is 0 Å². The molecule has 0 aliphatic heterocycles. The normalized spacial score (nSPS) is 11.7. The molecule has 1 atom stereocenters. The van der Waals surface area contributed by atoms with Gasteiger partial charge in [-0.1, -0.05) is 42.5 Å². The second-order valence-corrected chi connectivity index (χ2v) is 5.03. The van der Waals surface area contributed by atoms with E-state index in [9.17, 15) is 5.26 Å². The molecule has 0 radical (unpaired) electrons. The van der Waals surface area contributed by atoms with Crippen LogP contribution in [-0.4, -0.2) is 6.10 Å². The molecule has 0 fully saturated rings. The fourth-order valence-electron chi connectivity index (χ4n) is 2.08. The number of benzene rings is 2. The largest absolute Gasteiger partial charge is 0.475 e. The number of nitrogens with zero attached hydrogens (tertiary/aromatic N) is 1. The molecule has 0 N–H and O–H groups in total. The highest BCUT2D eigenvalue weighted by Gasteiger charge is 2.11. The first kappa shape index (κ1) is 14.1. The van der Waals surface area contributed by atoms with Gasteiger partial charge < -0.3 is 4.74 Å². The topological polar surface area (TPSA) is 33.0 Å². The fourth-order valence-corrected chi connectivity index (χ4v) is 2.08. The third kappa shape index (κ3) is 3.86. The van der Waals surface area contributed by atoms with E-state index in [2.05, 4.69) is 18.2 Å². The maximum absolute atomic E-state index is 9.25. The summed E-state index contributed by atoms with van der Waals surface area (Å²) >= 11 is 0. The molecule has 0 aliphatic rings. The van der Waals surface area contributed by atoms with Crippen molar-refractivity contribution in [3.8, 4) is 11.8 Å². The van der Waals surface area contributed by atoms with Crippen molar-refractivity contribution in [2.75, 3.05) is 0 Å². The standard InChI is InChI=1S/C18H19NO/c1-14-8-9-15(2)18(12-14)20-17(13-19)11-10-16-6-4-3-5-7-16/h3-9,12,17H,10-11H2,1-2H3. The third-order valence-electron chi connectivity index (χ3n) is 3.29. The molecule has 1 unspecified atom stereocenters. The smallest absolute Gasteiger partial charge is 0.184 e. The van der Waals surface area contributed by atoms with Gasteiger partial charge in [-0.15, -0.1) is 0 Å². The summed E-state index contributed by atoms with van der Waals surface area (Å²) < 4.78 is 5.84. The van der Waals surface area contributed by atoms with Gasteiger partial charge in [0.1, 0.15) is 11.8 Å². The Kier molecular flexibility index (Phi) is 4.79. The van der Waals surface area contributed by atoms with Gasteiger partial charge in [-0.2, -0.15) is 5.26 Å². The summed E-state index contributed by atoms with van der Waals surface area (Å²) in [5.74, 6) is 0.810. The summed E-state index contributed by atoms with van der Waals surface area (Å²) in [6.45, 7) is 4.03. The molecule has 0 heterocycles. The Morgan fingerprint density at radius 1 is 1.10 bits per heavy atom. The van der Waals surface area contributed by atoms with Crippen LogP contribution in [0.15, 0.2) is 48.5 Å². The van der Waals surface area contributed by atoms with Gasteiger partial charge >= 0.3 is 0 Å². The van der Waals surface area contributed by atoms with Gasteiger partial charge in [0.15, 0.2) is 6.10 Å². The molecule has 0 saturated heterocycles. The van der Waals surface area contributed by atoms with E-state index in [4.69, 9.17) is 4.74 Å². The first-order valence-electron chi connectivity index (χ1n) is 6.86. The quantitative estimate of drug-likeness (QED) is 0.811. The van der Waals surface area contributed by atoms with Crippen molar-refractivity contribution in [1.82, 2.24) is 0 Å². The predicted octanol–water partition coefficient (Wildman–Crippen LogP) is 4.21. The van der Waals surface area contributed by atoms with Crippen LogP contribution in [-0.2, 0) is 6.42 Å². The minimum atomic E-state index is -0.407. The Bertz CT molecular complexity index is 599. The lowest BCUT2D eigenvalue weighted by atomic mass is 10.1. The van der Waals surface area contributed by atoms with E-state index < -0.39 is 6.10 Å². The van der Waals surface area contributed by atoms with Gasteiger partial charge in [0.2, 0.25) is 0 Å². The Hall–Kier alpha value is -2.27. The molecule has 2 rings (SSSR count). The average molecular weight is 265 g/mol. The average Bonchev–Trinajstić information content (AvgIpc) is 2.48. The van der Waals surface area contributed by atoms with Crippen LogP contribution in [0.2, 0.25) is 0 Å². The molecular weight excluding hydrogens is 246 g/mol. The highest BCUT2D eigenvalue weighted by Crippen LogP contribution is 2.21. The van der Waals surface area contributed by atoms with E-state index in [0.717, 1.165) is 23.3 Å². The van der Waals surface area contributed by atoms with Crippen LogP contribution in [0.4, 0.5) is 0 Å². The van der Waals surface area contributed by atoms with Crippen LogP contribution in [0.1, 0.15) is 23.1 Å². The number of aryl methyl sites for hydroxylation is 3. The number of hydrogen-bond donors (Lipinski definition) is 0. The monoisotopic (exact) mass is 265 g/mol. The third-order valence-corrected chi connectivity index (χ3v) is 3.29. The Balaban J connectivity index is 1.99. The lowest BCUT2D eigenvalue weighted by Crippen LogP contribution is -2.15. The van der Waals surface area contributed by atoms with E-state index in [-0.39, 0.29) is 0 Å². The minimum Gasteiger partial charge on any atom is -0.475 e. The van der Waals surface area contributed by atoms with Crippen LogP contribution in [0.5, 0.6) is 5.75 Å². The van der Waals surface area contributed by atoms with Crippen molar-refractivity contribution < 1.29 is 4.74 Å². The number of hydrogen-bond acceptors (Lipinski definition) is 2. The van der Waals surface area contributed by atoms with Crippen LogP contribution >= 0.6 is 0 Å². The van der Waals surface area contributed by atoms with E-state index in [1.165, 1.54) is 5.56 Å². The van der Waals surface area contributed by atoms with Crippen molar-refractivity contribution >= 4 is 0 Å². The molecule has 2 aromatic rings. The highest BCUT2D eigenvalue weighted by molar-refractivity contribution is 5.36. The van der Waals surface area contributed by atoms with E-state index in [1.54, 1.807) is 0 Å². The van der Waals surface area contributed by atoms with Crippen molar-refractivity contribution in [1.29, 1.82) is 5.26 Å². The molecule has 2 nitrogen and oxygen atoms in total. The zero-order valence-corrected chi connectivity index (χ0v) is 12.0. The molecule has 102 valence electrons. The van der Waals surface area contributed by atoms with Crippen LogP contribution in [0.25, 0.3) is 0 Å². The number of ether oxygens (including phenoxy) is 1. The summed E-state index contributed by atoms with van der Waals surface area (Å²) in [5, 5.41) is 9.25. The van der Waals surface area contributed by atoms with Crippen LogP contribution in [0, 0.1) is 25.2 Å². The van der Waals surface area contributed by atoms with Gasteiger partial charge in [-0.3, -0.25) is 0 Å². The molecule has 0 aromatic heterocycles. The molecule has 0 saturated carbocycles. The van der Waals surface area contributed by atoms with Gasteiger partial charge in [0.05, 0.1) is 0 Å². The second-order valence-electron chi connectivity index (χ2n) is 5.03. The Morgan fingerprint density at radius 2 is 1.85 bits per heavy atom. The van der Waals surface area contributed by atoms with E-state index >= 15 is 0 Å². The zero-order chi connectivity index (χ0) is 14.4. The minimum absolute atomic E-state index is 0.407. The van der Waals surface area contributed by atoms with Gasteiger partial charge in [-0.05, 0) is 43.0 Å². The lowest BCUT2D eigenvalue weighted by Gasteiger charge is -2.15. The zero-order valence-electron chi connectivity index (χ0n) is 12.0. The molecule has 2 heteroatoms. The maximum Gasteiger partial charge on any atom is 0.184 e. The highest BCUT2D eigenvalue weighted by atomic mass is 16.5. The maximum atomic E-state index is 9.25. The molecule has 0 aliphatic carbocycles.